The normalized spacial score (nSPS) is 10.4. The molecule has 0 aliphatic carbocycles. The van der Waals surface area contributed by atoms with Crippen molar-refractivity contribution in [3.8, 4) is 16.9 Å². The van der Waals surface area contributed by atoms with Crippen LogP contribution in [0.25, 0.3) is 16.9 Å². The van der Waals surface area contributed by atoms with E-state index >= 15 is 0 Å². The molecule has 3 rings (SSSR count). The SMILES string of the molecule is CC(=O)c1cn(-c2ccccn2)cc1-c1ccccc1. The summed E-state index contributed by atoms with van der Waals surface area (Å²) in [6, 6.07) is 15.6. The Balaban J connectivity index is 2.15. The van der Waals surface area contributed by atoms with Crippen LogP contribution in [0.15, 0.2) is 67.1 Å². The Morgan fingerprint density at radius 3 is 2.40 bits per heavy atom. The second kappa shape index (κ2) is 5.13. The molecule has 0 aliphatic rings. The van der Waals surface area contributed by atoms with E-state index in [2.05, 4.69) is 4.98 Å². The molecule has 0 amide bonds. The fourth-order valence-corrected chi connectivity index (χ4v) is 2.22. The lowest BCUT2D eigenvalue weighted by atomic mass is 10.0. The maximum absolute atomic E-state index is 11.9. The van der Waals surface area contributed by atoms with Crippen LogP contribution in [-0.4, -0.2) is 15.3 Å². The van der Waals surface area contributed by atoms with Crippen LogP contribution in [0.5, 0.6) is 0 Å². The van der Waals surface area contributed by atoms with E-state index in [0.29, 0.717) is 5.56 Å². The quantitative estimate of drug-likeness (QED) is 0.674. The average molecular weight is 262 g/mol. The fraction of sp³-hybridized carbons (Fsp3) is 0.0588. The highest BCUT2D eigenvalue weighted by molar-refractivity contribution is 6.00. The van der Waals surface area contributed by atoms with E-state index in [9.17, 15) is 4.79 Å². The van der Waals surface area contributed by atoms with E-state index in [-0.39, 0.29) is 5.78 Å². The largest absolute Gasteiger partial charge is 0.307 e. The second-order valence-electron chi connectivity index (χ2n) is 4.60. The molecule has 98 valence electrons. The number of carbonyl (C=O) groups excluding carboxylic acids is 1. The molecule has 20 heavy (non-hydrogen) atoms. The molecule has 0 radical (unpaired) electrons. The maximum Gasteiger partial charge on any atom is 0.161 e. The summed E-state index contributed by atoms with van der Waals surface area (Å²) in [5, 5.41) is 0. The minimum Gasteiger partial charge on any atom is -0.307 e. The van der Waals surface area contributed by atoms with Gasteiger partial charge in [-0.05, 0) is 24.6 Å². The summed E-state index contributed by atoms with van der Waals surface area (Å²) < 4.78 is 1.89. The lowest BCUT2D eigenvalue weighted by Crippen LogP contribution is -1.94. The van der Waals surface area contributed by atoms with Gasteiger partial charge in [-0.3, -0.25) is 4.79 Å². The topological polar surface area (TPSA) is 34.9 Å². The van der Waals surface area contributed by atoms with Crippen LogP contribution in [0.4, 0.5) is 0 Å². The van der Waals surface area contributed by atoms with Crippen LogP contribution >= 0.6 is 0 Å². The number of benzene rings is 1. The zero-order valence-electron chi connectivity index (χ0n) is 11.2. The lowest BCUT2D eigenvalue weighted by molar-refractivity contribution is 0.101. The molecule has 0 atom stereocenters. The molecular formula is C17H14N2O. The van der Waals surface area contributed by atoms with Gasteiger partial charge in [0.1, 0.15) is 5.82 Å². The Hall–Kier alpha value is -2.68. The van der Waals surface area contributed by atoms with Gasteiger partial charge in [-0.15, -0.1) is 0 Å². The molecule has 3 heteroatoms. The van der Waals surface area contributed by atoms with E-state index in [4.69, 9.17) is 0 Å². The van der Waals surface area contributed by atoms with Gasteiger partial charge in [-0.1, -0.05) is 36.4 Å². The molecule has 0 unspecified atom stereocenters. The third-order valence-corrected chi connectivity index (χ3v) is 3.20. The van der Waals surface area contributed by atoms with Gasteiger partial charge >= 0.3 is 0 Å². The van der Waals surface area contributed by atoms with Crippen molar-refractivity contribution >= 4 is 5.78 Å². The summed E-state index contributed by atoms with van der Waals surface area (Å²) in [5.74, 6) is 0.857. The van der Waals surface area contributed by atoms with Crippen molar-refractivity contribution in [3.63, 3.8) is 0 Å². The summed E-state index contributed by atoms with van der Waals surface area (Å²) in [6.07, 6.45) is 5.53. The Kier molecular flexibility index (Phi) is 3.17. The van der Waals surface area contributed by atoms with Gasteiger partial charge in [0, 0.05) is 29.7 Å². The highest BCUT2D eigenvalue weighted by Gasteiger charge is 2.13. The van der Waals surface area contributed by atoms with Crippen LogP contribution in [0.3, 0.4) is 0 Å². The number of ketones is 1. The van der Waals surface area contributed by atoms with Crippen molar-refractivity contribution in [2.45, 2.75) is 6.92 Å². The van der Waals surface area contributed by atoms with Crippen LogP contribution < -0.4 is 0 Å². The van der Waals surface area contributed by atoms with Crippen molar-refractivity contribution in [1.82, 2.24) is 9.55 Å². The summed E-state index contributed by atoms with van der Waals surface area (Å²) in [5.41, 5.74) is 2.68. The molecule has 2 heterocycles. The molecule has 0 aliphatic heterocycles. The van der Waals surface area contributed by atoms with Gasteiger partial charge in [0.2, 0.25) is 0 Å². The van der Waals surface area contributed by atoms with Crippen LogP contribution in [0.1, 0.15) is 17.3 Å². The van der Waals surface area contributed by atoms with Gasteiger partial charge < -0.3 is 4.57 Å². The monoisotopic (exact) mass is 262 g/mol. The first-order chi connectivity index (χ1) is 9.75. The summed E-state index contributed by atoms with van der Waals surface area (Å²) >= 11 is 0. The van der Waals surface area contributed by atoms with E-state index in [0.717, 1.165) is 16.9 Å². The Labute approximate surface area is 117 Å². The molecule has 3 nitrogen and oxygen atoms in total. The van der Waals surface area contributed by atoms with Crippen LogP contribution in [0.2, 0.25) is 0 Å². The Morgan fingerprint density at radius 2 is 1.75 bits per heavy atom. The van der Waals surface area contributed by atoms with Gasteiger partial charge in [0.05, 0.1) is 0 Å². The molecule has 0 spiro atoms. The molecule has 0 saturated carbocycles. The fourth-order valence-electron chi connectivity index (χ4n) is 2.22. The van der Waals surface area contributed by atoms with E-state index in [1.165, 1.54) is 0 Å². The van der Waals surface area contributed by atoms with E-state index in [1.54, 1.807) is 13.1 Å². The predicted molar refractivity (Wildman–Crippen MR) is 79.0 cm³/mol. The number of hydrogen-bond donors (Lipinski definition) is 0. The molecule has 3 aromatic rings. The number of nitrogens with zero attached hydrogens (tertiary/aromatic N) is 2. The van der Waals surface area contributed by atoms with Crippen molar-refractivity contribution in [1.29, 1.82) is 0 Å². The summed E-state index contributed by atoms with van der Waals surface area (Å²) in [7, 11) is 0. The highest BCUT2D eigenvalue weighted by atomic mass is 16.1. The second-order valence-corrected chi connectivity index (χ2v) is 4.60. The van der Waals surface area contributed by atoms with Crippen molar-refractivity contribution in [2.24, 2.45) is 0 Å². The number of Topliss-reactive ketones (excluding diaryl/α,β-unsaturated/α-hetero) is 1. The zero-order valence-corrected chi connectivity index (χ0v) is 11.2. The molecule has 0 bridgehead atoms. The van der Waals surface area contributed by atoms with Crippen LogP contribution in [-0.2, 0) is 0 Å². The van der Waals surface area contributed by atoms with Crippen LogP contribution in [0, 0.1) is 0 Å². The molecule has 2 aromatic heterocycles. The highest BCUT2D eigenvalue weighted by Crippen LogP contribution is 2.26. The first kappa shape index (κ1) is 12.4. The standard InChI is InChI=1S/C17H14N2O/c1-13(20)15-11-19(17-9-5-6-10-18-17)12-16(15)14-7-3-2-4-8-14/h2-12H,1H3. The van der Waals surface area contributed by atoms with Gasteiger partial charge in [0.15, 0.2) is 5.78 Å². The van der Waals surface area contributed by atoms with Crippen molar-refractivity contribution in [3.05, 3.63) is 72.7 Å². The molecule has 0 fully saturated rings. The van der Waals surface area contributed by atoms with E-state index < -0.39 is 0 Å². The molecule has 1 aromatic carbocycles. The first-order valence-corrected chi connectivity index (χ1v) is 6.45. The number of rotatable bonds is 3. The Bertz CT molecular complexity index is 730. The predicted octanol–water partition coefficient (Wildman–Crippen LogP) is 3.74. The first-order valence-electron chi connectivity index (χ1n) is 6.45. The minimum absolute atomic E-state index is 0.0542. The zero-order chi connectivity index (χ0) is 13.9. The summed E-state index contributed by atoms with van der Waals surface area (Å²) in [6.45, 7) is 1.59. The third kappa shape index (κ3) is 2.26. The number of pyridine rings is 1. The molecular weight excluding hydrogens is 248 g/mol. The third-order valence-electron chi connectivity index (χ3n) is 3.20. The Morgan fingerprint density at radius 1 is 1.00 bits per heavy atom. The summed E-state index contributed by atoms with van der Waals surface area (Å²) in [4.78, 5) is 16.2. The smallest absolute Gasteiger partial charge is 0.161 e. The lowest BCUT2D eigenvalue weighted by Gasteiger charge is -2.00. The van der Waals surface area contributed by atoms with Crippen molar-refractivity contribution in [2.75, 3.05) is 0 Å². The minimum atomic E-state index is 0.0542. The van der Waals surface area contributed by atoms with E-state index in [1.807, 2.05) is 65.5 Å². The van der Waals surface area contributed by atoms with Gasteiger partial charge in [0.25, 0.3) is 0 Å². The number of aromatic nitrogens is 2. The van der Waals surface area contributed by atoms with Crippen molar-refractivity contribution < 1.29 is 4.79 Å². The maximum atomic E-state index is 11.9. The number of hydrogen-bond acceptors (Lipinski definition) is 2. The average Bonchev–Trinajstić information content (AvgIpc) is 2.94. The molecule has 0 N–H and O–H groups in total. The van der Waals surface area contributed by atoms with Gasteiger partial charge in [-0.2, -0.15) is 0 Å². The number of carbonyl (C=O) groups is 1. The molecule has 0 saturated heterocycles. The van der Waals surface area contributed by atoms with Gasteiger partial charge in [-0.25, -0.2) is 4.98 Å².